The van der Waals surface area contributed by atoms with Crippen LogP contribution in [-0.4, -0.2) is 57.7 Å². The van der Waals surface area contributed by atoms with Gasteiger partial charge in [0.15, 0.2) is 0 Å². The number of aliphatic hydroxyl groups excluding tert-OH is 1. The van der Waals surface area contributed by atoms with Crippen molar-refractivity contribution < 1.29 is 27.6 Å². The van der Waals surface area contributed by atoms with Crippen LogP contribution in [0.3, 0.4) is 0 Å². The lowest BCUT2D eigenvalue weighted by Gasteiger charge is -2.27. The van der Waals surface area contributed by atoms with Gasteiger partial charge in [-0.15, -0.1) is 0 Å². The summed E-state index contributed by atoms with van der Waals surface area (Å²) in [6.07, 6.45) is 13.2. The van der Waals surface area contributed by atoms with E-state index in [2.05, 4.69) is 15.3 Å². The zero-order chi connectivity index (χ0) is 33.4. The molecular formula is C34H41N5O7S. The van der Waals surface area contributed by atoms with Crippen LogP contribution in [0.5, 0.6) is 5.75 Å². The molecule has 4 aromatic rings. The number of H-pyrrole nitrogens is 1. The molecule has 2 unspecified atom stereocenters. The van der Waals surface area contributed by atoms with Crippen molar-refractivity contribution in [2.45, 2.75) is 68.5 Å². The fourth-order valence-corrected chi connectivity index (χ4v) is 6.24. The Morgan fingerprint density at radius 1 is 1.15 bits per heavy atom. The first-order chi connectivity index (χ1) is 22.6. The van der Waals surface area contributed by atoms with Crippen molar-refractivity contribution >= 4 is 16.0 Å². The molecule has 3 heterocycles. The fourth-order valence-electron chi connectivity index (χ4n) is 5.71. The van der Waals surface area contributed by atoms with Gasteiger partial charge in [-0.25, -0.2) is 4.79 Å². The van der Waals surface area contributed by atoms with E-state index >= 15 is 0 Å². The number of fused-ring (bicyclic) bond motifs is 1. The highest BCUT2D eigenvalue weighted by molar-refractivity contribution is 7.85. The van der Waals surface area contributed by atoms with Gasteiger partial charge in [-0.1, -0.05) is 31.7 Å². The molecule has 1 amide bonds. The van der Waals surface area contributed by atoms with E-state index in [1.165, 1.54) is 37.8 Å². The Bertz CT molecular complexity index is 1800. The van der Waals surface area contributed by atoms with E-state index in [1.54, 1.807) is 53.4 Å². The second kappa shape index (κ2) is 15.5. The Morgan fingerprint density at radius 2 is 1.94 bits per heavy atom. The molecule has 2 atom stereocenters. The predicted octanol–water partition coefficient (Wildman–Crippen LogP) is 3.73. The molecule has 0 radical (unpaired) electrons. The molecule has 1 saturated carbocycles. The van der Waals surface area contributed by atoms with E-state index in [0.29, 0.717) is 30.8 Å². The van der Waals surface area contributed by atoms with Gasteiger partial charge in [-0.05, 0) is 85.7 Å². The number of nitrogens with two attached hydrogens (primary N) is 1. The number of carbonyl (C=O) groups is 1. The summed E-state index contributed by atoms with van der Waals surface area (Å²) >= 11 is 0. The number of amides is 1. The van der Waals surface area contributed by atoms with E-state index in [-0.39, 0.29) is 16.7 Å². The number of nitrogens with one attached hydrogen (secondary N) is 2. The maximum atomic E-state index is 12.0. The van der Waals surface area contributed by atoms with Crippen molar-refractivity contribution in [3.63, 3.8) is 0 Å². The minimum atomic E-state index is -4.20. The summed E-state index contributed by atoms with van der Waals surface area (Å²) < 4.78 is 38.9. The van der Waals surface area contributed by atoms with Crippen LogP contribution in [0.15, 0.2) is 82.9 Å². The Labute approximate surface area is 273 Å². The number of hydrogen-bond donors (Lipinski definition) is 5. The highest BCUT2D eigenvalue weighted by Gasteiger charge is 2.22. The average Bonchev–Trinajstić information content (AvgIpc) is 3.42. The van der Waals surface area contributed by atoms with E-state index < -0.39 is 22.1 Å². The summed E-state index contributed by atoms with van der Waals surface area (Å²) in [4.78, 5) is 29.9. The Hall–Kier alpha value is -4.30. The van der Waals surface area contributed by atoms with Crippen LogP contribution in [0, 0.1) is 5.92 Å². The van der Waals surface area contributed by atoms with Gasteiger partial charge in [0, 0.05) is 48.5 Å². The van der Waals surface area contributed by atoms with Gasteiger partial charge in [-0.3, -0.25) is 18.9 Å². The minimum Gasteiger partial charge on any atom is -0.489 e. The maximum Gasteiger partial charge on any atom is 0.330 e. The second-order valence-corrected chi connectivity index (χ2v) is 13.5. The molecule has 0 spiro atoms. The van der Waals surface area contributed by atoms with Crippen LogP contribution in [0.4, 0.5) is 0 Å². The summed E-state index contributed by atoms with van der Waals surface area (Å²) in [5, 5.41) is 13.3. The SMILES string of the molecule is NC(=O)c1ccc(-n2cc(CCCC3CCC3)[nH]c2=O)cc1.O=S(=O)(O)c1ccc2c(c1)CCC(CNCC(O)c1cccnc1)O2. The third-order valence-corrected chi connectivity index (χ3v) is 9.47. The molecule has 1 aliphatic carbocycles. The number of nitrogens with zero attached hydrogens (tertiary/aromatic N) is 2. The number of aromatic amines is 1. The molecule has 13 heteroatoms. The number of aryl methyl sites for hydroxylation is 2. The standard InChI is InChI=1S/C17H21N3O2.C17H20N2O5S/c18-16(21)13-7-9-15(10-8-13)20-11-14(19-17(20)22)6-2-5-12-3-1-4-12;20-16(13-2-1-7-18-9-13)11-19-10-14-4-3-12-8-15(25(21,22)23)5-6-17(12)24-14/h7-12H,1-6H2,(H2,18,21)(H,19,22);1-2,5-9,14,16,19-20H,3-4,10-11H2,(H,21,22,23). The monoisotopic (exact) mass is 663 g/mol. The first-order valence-corrected chi connectivity index (χ1v) is 17.3. The summed E-state index contributed by atoms with van der Waals surface area (Å²) in [5.41, 5.74) is 8.72. The molecule has 12 nitrogen and oxygen atoms in total. The quantitative estimate of drug-likeness (QED) is 0.141. The zero-order valence-electron chi connectivity index (χ0n) is 26.0. The molecule has 0 saturated heterocycles. The van der Waals surface area contributed by atoms with E-state index in [9.17, 15) is 23.1 Å². The van der Waals surface area contributed by atoms with Gasteiger partial charge >= 0.3 is 5.69 Å². The van der Waals surface area contributed by atoms with E-state index in [0.717, 1.165) is 47.7 Å². The summed E-state index contributed by atoms with van der Waals surface area (Å²) in [5.74, 6) is 1.05. The number of imidazole rings is 1. The van der Waals surface area contributed by atoms with Crippen LogP contribution in [0.2, 0.25) is 0 Å². The van der Waals surface area contributed by atoms with E-state index in [4.69, 9.17) is 15.0 Å². The lowest BCUT2D eigenvalue weighted by Crippen LogP contribution is -2.36. The molecule has 2 aromatic heterocycles. The number of aliphatic hydroxyl groups is 1. The lowest BCUT2D eigenvalue weighted by atomic mass is 9.82. The largest absolute Gasteiger partial charge is 0.489 e. The number of aromatic nitrogens is 3. The Morgan fingerprint density at radius 3 is 2.60 bits per heavy atom. The number of pyridine rings is 1. The fraction of sp³-hybridized carbons (Fsp3) is 0.382. The molecule has 47 heavy (non-hydrogen) atoms. The highest BCUT2D eigenvalue weighted by Crippen LogP contribution is 2.31. The van der Waals surface area contributed by atoms with Crippen molar-refractivity contribution in [1.29, 1.82) is 0 Å². The van der Waals surface area contributed by atoms with Gasteiger partial charge in [0.2, 0.25) is 5.91 Å². The number of hydrogen-bond acceptors (Lipinski definition) is 8. The first kappa shape index (κ1) is 34.0. The second-order valence-electron chi connectivity index (χ2n) is 12.0. The molecule has 1 aliphatic heterocycles. The van der Waals surface area contributed by atoms with Crippen LogP contribution >= 0.6 is 0 Å². The van der Waals surface area contributed by atoms with Gasteiger partial charge < -0.3 is 25.9 Å². The number of benzene rings is 2. The Kier molecular flexibility index (Phi) is 11.2. The van der Waals surface area contributed by atoms with Crippen molar-refractivity contribution in [2.24, 2.45) is 11.7 Å². The summed E-state index contributed by atoms with van der Waals surface area (Å²) in [6, 6.07) is 14.7. The number of rotatable bonds is 12. The topological polar surface area (TPSA) is 190 Å². The molecule has 2 aliphatic rings. The third kappa shape index (κ3) is 9.38. The van der Waals surface area contributed by atoms with Crippen molar-refractivity contribution in [3.8, 4) is 11.4 Å². The van der Waals surface area contributed by atoms with Crippen LogP contribution in [-0.2, 0) is 23.0 Å². The zero-order valence-corrected chi connectivity index (χ0v) is 26.9. The smallest absolute Gasteiger partial charge is 0.330 e. The highest BCUT2D eigenvalue weighted by atomic mass is 32.2. The molecule has 6 rings (SSSR count). The average molecular weight is 664 g/mol. The van der Waals surface area contributed by atoms with Crippen molar-refractivity contribution in [1.82, 2.24) is 19.9 Å². The van der Waals surface area contributed by atoms with Crippen molar-refractivity contribution in [3.05, 3.63) is 106 Å². The molecule has 250 valence electrons. The lowest BCUT2D eigenvalue weighted by molar-refractivity contribution is 0.1000. The van der Waals surface area contributed by atoms with Crippen LogP contribution in [0.25, 0.3) is 5.69 Å². The van der Waals surface area contributed by atoms with Crippen molar-refractivity contribution in [2.75, 3.05) is 13.1 Å². The van der Waals surface area contributed by atoms with Gasteiger partial charge in [0.05, 0.1) is 16.7 Å². The van der Waals surface area contributed by atoms with Crippen LogP contribution < -0.4 is 21.5 Å². The Balaban J connectivity index is 0.000000186. The van der Waals surface area contributed by atoms with Crippen LogP contribution in [0.1, 0.15) is 71.8 Å². The molecule has 0 bridgehead atoms. The molecule has 6 N–H and O–H groups in total. The van der Waals surface area contributed by atoms with E-state index in [1.807, 2.05) is 12.3 Å². The third-order valence-electron chi connectivity index (χ3n) is 8.62. The molecule has 2 aromatic carbocycles. The summed E-state index contributed by atoms with van der Waals surface area (Å²) in [7, 11) is -4.20. The summed E-state index contributed by atoms with van der Waals surface area (Å²) in [6.45, 7) is 0.955. The van der Waals surface area contributed by atoms with Gasteiger partial charge in [-0.2, -0.15) is 8.42 Å². The number of primary amides is 1. The minimum absolute atomic E-state index is 0.0646. The molecular weight excluding hydrogens is 622 g/mol. The maximum absolute atomic E-state index is 12.0. The first-order valence-electron chi connectivity index (χ1n) is 15.8. The van der Waals surface area contributed by atoms with Gasteiger partial charge in [0.25, 0.3) is 10.1 Å². The number of carbonyl (C=O) groups excluding carboxylic acids is 1. The molecule has 1 fully saturated rings. The predicted molar refractivity (Wildman–Crippen MR) is 176 cm³/mol. The van der Waals surface area contributed by atoms with Gasteiger partial charge in [0.1, 0.15) is 11.9 Å². The number of ether oxygens (including phenoxy) is 1. The normalized spacial score (nSPS) is 16.6.